The molecule has 1 N–H and O–H groups in total. The number of nitrogens with one attached hydrogen (secondary N) is 1. The standard InChI is InChI=1S/C17H13N3O4/c1-11-15(12-7-3-2-4-8-12)17(24-19-11)18-16(21)13-9-5-6-10-14(13)20(22)23/h2-10H,1H3,(H,18,21). The molecule has 0 aliphatic carbocycles. The smallest absolute Gasteiger partial charge is 0.282 e. The van der Waals surface area contributed by atoms with Gasteiger partial charge >= 0.3 is 0 Å². The van der Waals surface area contributed by atoms with Crippen LogP contribution in [0.5, 0.6) is 0 Å². The van der Waals surface area contributed by atoms with Crippen molar-refractivity contribution in [3.63, 3.8) is 0 Å². The Balaban J connectivity index is 1.96. The number of carbonyl (C=O) groups is 1. The van der Waals surface area contributed by atoms with Gasteiger partial charge in [-0.2, -0.15) is 0 Å². The molecule has 0 aliphatic heterocycles. The summed E-state index contributed by atoms with van der Waals surface area (Å²) in [4.78, 5) is 22.9. The highest BCUT2D eigenvalue weighted by atomic mass is 16.6. The van der Waals surface area contributed by atoms with Gasteiger partial charge in [-0.05, 0) is 18.6 Å². The molecule has 3 aromatic rings. The lowest BCUT2D eigenvalue weighted by Crippen LogP contribution is -2.14. The van der Waals surface area contributed by atoms with Gasteiger partial charge in [-0.1, -0.05) is 47.6 Å². The number of nitro groups is 1. The molecule has 2 aromatic carbocycles. The fourth-order valence-electron chi connectivity index (χ4n) is 2.40. The second-order valence-corrected chi connectivity index (χ2v) is 5.07. The lowest BCUT2D eigenvalue weighted by atomic mass is 10.1. The van der Waals surface area contributed by atoms with Gasteiger partial charge in [0.15, 0.2) is 0 Å². The van der Waals surface area contributed by atoms with Crippen molar-refractivity contribution in [3.05, 3.63) is 76.0 Å². The molecule has 0 spiro atoms. The van der Waals surface area contributed by atoms with E-state index in [0.717, 1.165) is 5.56 Å². The number of aromatic nitrogens is 1. The molecular weight excluding hydrogens is 310 g/mol. The van der Waals surface area contributed by atoms with Crippen molar-refractivity contribution >= 4 is 17.5 Å². The quantitative estimate of drug-likeness (QED) is 0.581. The number of carbonyl (C=O) groups excluding carboxylic acids is 1. The molecule has 0 fully saturated rings. The number of para-hydroxylation sites is 1. The van der Waals surface area contributed by atoms with Gasteiger partial charge in [-0.25, -0.2) is 0 Å². The van der Waals surface area contributed by atoms with Crippen LogP contribution in [0, 0.1) is 17.0 Å². The third-order valence-electron chi connectivity index (χ3n) is 3.50. The molecule has 0 unspecified atom stereocenters. The van der Waals surface area contributed by atoms with Gasteiger partial charge in [-0.15, -0.1) is 0 Å². The van der Waals surface area contributed by atoms with Crippen LogP contribution < -0.4 is 5.32 Å². The molecule has 0 atom stereocenters. The van der Waals surface area contributed by atoms with Crippen molar-refractivity contribution in [1.29, 1.82) is 0 Å². The number of benzene rings is 2. The summed E-state index contributed by atoms with van der Waals surface area (Å²) < 4.78 is 5.19. The maximum atomic E-state index is 12.4. The monoisotopic (exact) mass is 323 g/mol. The number of hydrogen-bond acceptors (Lipinski definition) is 5. The Labute approximate surface area is 137 Å². The van der Waals surface area contributed by atoms with Crippen LogP contribution >= 0.6 is 0 Å². The van der Waals surface area contributed by atoms with Gasteiger partial charge in [0.05, 0.1) is 16.2 Å². The SMILES string of the molecule is Cc1noc(NC(=O)c2ccccc2[N+](=O)[O-])c1-c1ccccc1. The topological polar surface area (TPSA) is 98.3 Å². The second-order valence-electron chi connectivity index (χ2n) is 5.07. The Bertz CT molecular complexity index is 903. The largest absolute Gasteiger partial charge is 0.337 e. The van der Waals surface area contributed by atoms with Crippen molar-refractivity contribution in [2.24, 2.45) is 0 Å². The van der Waals surface area contributed by atoms with Crippen LogP contribution in [0.1, 0.15) is 16.1 Å². The predicted molar refractivity (Wildman–Crippen MR) is 87.7 cm³/mol. The van der Waals surface area contributed by atoms with E-state index in [1.165, 1.54) is 18.2 Å². The van der Waals surface area contributed by atoms with Crippen molar-refractivity contribution in [2.45, 2.75) is 6.92 Å². The summed E-state index contributed by atoms with van der Waals surface area (Å²) in [6.45, 7) is 1.76. The maximum absolute atomic E-state index is 12.4. The van der Waals surface area contributed by atoms with Crippen molar-refractivity contribution in [3.8, 4) is 11.1 Å². The number of hydrogen-bond donors (Lipinski definition) is 1. The first-order chi connectivity index (χ1) is 11.6. The lowest BCUT2D eigenvalue weighted by molar-refractivity contribution is -0.385. The number of aryl methyl sites for hydroxylation is 1. The molecule has 0 radical (unpaired) electrons. The fourth-order valence-corrected chi connectivity index (χ4v) is 2.40. The van der Waals surface area contributed by atoms with Gasteiger partial charge in [-0.3, -0.25) is 20.2 Å². The third-order valence-corrected chi connectivity index (χ3v) is 3.50. The van der Waals surface area contributed by atoms with Crippen LogP contribution in [-0.4, -0.2) is 16.0 Å². The summed E-state index contributed by atoms with van der Waals surface area (Å²) in [5.74, 6) is -0.475. The van der Waals surface area contributed by atoms with Gasteiger partial charge in [0, 0.05) is 6.07 Å². The lowest BCUT2D eigenvalue weighted by Gasteiger charge is -2.05. The summed E-state index contributed by atoms with van der Waals surface area (Å²) in [5.41, 5.74) is 1.76. The van der Waals surface area contributed by atoms with E-state index in [0.29, 0.717) is 11.3 Å². The second kappa shape index (κ2) is 6.33. The molecule has 24 heavy (non-hydrogen) atoms. The first kappa shape index (κ1) is 15.4. The minimum Gasteiger partial charge on any atom is -0.337 e. The molecular formula is C17H13N3O4. The average molecular weight is 323 g/mol. The fraction of sp³-hybridized carbons (Fsp3) is 0.0588. The number of rotatable bonds is 4. The van der Waals surface area contributed by atoms with Crippen LogP contribution in [0.3, 0.4) is 0 Å². The van der Waals surface area contributed by atoms with Crippen LogP contribution in [0.2, 0.25) is 0 Å². The van der Waals surface area contributed by atoms with Crippen LogP contribution in [-0.2, 0) is 0 Å². The summed E-state index contributed by atoms with van der Waals surface area (Å²) in [5, 5.41) is 17.5. The first-order valence-corrected chi connectivity index (χ1v) is 7.14. The molecule has 0 saturated heterocycles. The molecule has 1 amide bonds. The molecule has 1 aromatic heterocycles. The summed E-state index contributed by atoms with van der Waals surface area (Å²) in [7, 11) is 0. The zero-order valence-corrected chi connectivity index (χ0v) is 12.7. The molecule has 1 heterocycles. The van der Waals surface area contributed by atoms with Gasteiger partial charge in [0.1, 0.15) is 5.56 Å². The Morgan fingerprint density at radius 2 is 1.79 bits per heavy atom. The summed E-state index contributed by atoms with van der Waals surface area (Å²) in [6, 6.07) is 15.0. The normalized spacial score (nSPS) is 10.4. The van der Waals surface area contributed by atoms with Crippen LogP contribution in [0.15, 0.2) is 59.1 Å². The predicted octanol–water partition coefficient (Wildman–Crippen LogP) is 3.81. The van der Waals surface area contributed by atoms with Crippen molar-refractivity contribution in [1.82, 2.24) is 5.16 Å². The number of nitro benzene ring substituents is 1. The minimum atomic E-state index is -0.629. The van der Waals surface area contributed by atoms with E-state index in [4.69, 9.17) is 4.52 Å². The number of nitrogens with zero attached hydrogens (tertiary/aromatic N) is 2. The molecule has 0 bridgehead atoms. The number of amides is 1. The van der Waals surface area contributed by atoms with Gasteiger partial charge < -0.3 is 4.52 Å². The van der Waals surface area contributed by atoms with Crippen molar-refractivity contribution in [2.75, 3.05) is 5.32 Å². The van der Waals surface area contributed by atoms with Gasteiger partial charge in [0.2, 0.25) is 5.88 Å². The minimum absolute atomic E-state index is 0.0458. The van der Waals surface area contributed by atoms with E-state index >= 15 is 0 Å². The molecule has 7 heteroatoms. The molecule has 0 saturated carbocycles. The van der Waals surface area contributed by atoms with E-state index in [1.807, 2.05) is 30.3 Å². The molecule has 0 aliphatic rings. The zero-order valence-electron chi connectivity index (χ0n) is 12.7. The molecule has 7 nitrogen and oxygen atoms in total. The number of anilines is 1. The van der Waals surface area contributed by atoms with E-state index in [9.17, 15) is 14.9 Å². The summed E-state index contributed by atoms with van der Waals surface area (Å²) in [6.07, 6.45) is 0. The van der Waals surface area contributed by atoms with Crippen molar-refractivity contribution < 1.29 is 14.2 Å². The first-order valence-electron chi connectivity index (χ1n) is 7.14. The maximum Gasteiger partial charge on any atom is 0.282 e. The highest BCUT2D eigenvalue weighted by Gasteiger charge is 2.23. The Kier molecular flexibility index (Phi) is 4.07. The van der Waals surface area contributed by atoms with E-state index < -0.39 is 10.8 Å². The Morgan fingerprint density at radius 1 is 1.12 bits per heavy atom. The highest BCUT2D eigenvalue weighted by molar-refractivity contribution is 6.07. The van der Waals surface area contributed by atoms with Gasteiger partial charge in [0.25, 0.3) is 11.6 Å². The summed E-state index contributed by atoms with van der Waals surface area (Å²) >= 11 is 0. The highest BCUT2D eigenvalue weighted by Crippen LogP contribution is 2.32. The Morgan fingerprint density at radius 3 is 2.50 bits per heavy atom. The van der Waals surface area contributed by atoms with Crippen LogP contribution in [0.25, 0.3) is 11.1 Å². The average Bonchev–Trinajstić information content (AvgIpc) is 2.96. The molecule has 3 rings (SSSR count). The Hall–Kier alpha value is -3.48. The zero-order chi connectivity index (χ0) is 17.1. The van der Waals surface area contributed by atoms with E-state index in [1.54, 1.807) is 13.0 Å². The van der Waals surface area contributed by atoms with E-state index in [-0.39, 0.29) is 17.1 Å². The third kappa shape index (κ3) is 2.87. The van der Waals surface area contributed by atoms with Crippen LogP contribution in [0.4, 0.5) is 11.6 Å². The molecule has 120 valence electrons. The van der Waals surface area contributed by atoms with E-state index in [2.05, 4.69) is 10.5 Å².